The second-order valence-corrected chi connectivity index (χ2v) is 5.37. The number of carboxylic acid groups (broad SMARTS) is 1. The number of rotatable bonds is 7. The van der Waals surface area contributed by atoms with E-state index in [0.29, 0.717) is 6.42 Å². The smallest absolute Gasteiger partial charge is 0.326 e. The van der Waals surface area contributed by atoms with Crippen LogP contribution in [0.1, 0.15) is 24.8 Å². The number of aliphatic carboxylic acids is 1. The van der Waals surface area contributed by atoms with Crippen LogP contribution in [-0.2, 0) is 16.0 Å². The van der Waals surface area contributed by atoms with Gasteiger partial charge >= 0.3 is 5.97 Å². The van der Waals surface area contributed by atoms with E-state index < -0.39 is 12.0 Å². The predicted molar refractivity (Wildman–Crippen MR) is 86.7 cm³/mol. The first-order valence-electron chi connectivity index (χ1n) is 7.47. The fraction of sp³-hybridized carbons (Fsp3) is 0.278. The second-order valence-electron chi connectivity index (χ2n) is 5.37. The lowest BCUT2D eigenvalue weighted by Gasteiger charge is -2.14. The first kappa shape index (κ1) is 16.5. The van der Waals surface area contributed by atoms with Crippen molar-refractivity contribution in [1.29, 1.82) is 5.26 Å². The maximum Gasteiger partial charge on any atom is 0.326 e. The molecular weight excluding hydrogens is 292 g/mol. The van der Waals surface area contributed by atoms with Crippen LogP contribution in [-0.4, -0.2) is 23.0 Å². The molecule has 0 aliphatic rings. The number of amides is 1. The molecule has 0 bridgehead atoms. The van der Waals surface area contributed by atoms with Crippen molar-refractivity contribution < 1.29 is 14.7 Å². The van der Waals surface area contributed by atoms with Crippen LogP contribution in [0.3, 0.4) is 0 Å². The summed E-state index contributed by atoms with van der Waals surface area (Å²) in [4.78, 5) is 23.2. The molecular formula is C18H18N2O3. The Balaban J connectivity index is 1.98. The maximum atomic E-state index is 12.1. The first-order chi connectivity index (χ1) is 11.1. The van der Waals surface area contributed by atoms with Gasteiger partial charge in [-0.3, -0.25) is 4.79 Å². The summed E-state index contributed by atoms with van der Waals surface area (Å²) in [5.41, 5.74) is 0.836. The van der Waals surface area contributed by atoms with Crippen LogP contribution in [0, 0.1) is 11.3 Å². The number of nitrogens with zero attached hydrogens (tertiary/aromatic N) is 1. The lowest BCUT2D eigenvalue weighted by molar-refractivity contribution is -0.141. The van der Waals surface area contributed by atoms with Crippen LogP contribution in [0.15, 0.2) is 42.5 Å². The minimum Gasteiger partial charge on any atom is -0.480 e. The number of carbonyl (C=O) groups is 2. The normalized spacial score (nSPS) is 11.6. The third-order valence-corrected chi connectivity index (χ3v) is 3.59. The van der Waals surface area contributed by atoms with E-state index in [2.05, 4.69) is 5.32 Å². The Hall–Kier alpha value is -2.87. The third kappa shape index (κ3) is 4.82. The molecule has 2 aromatic rings. The van der Waals surface area contributed by atoms with Crippen molar-refractivity contribution in [1.82, 2.24) is 5.32 Å². The van der Waals surface area contributed by atoms with Crippen molar-refractivity contribution >= 4 is 22.6 Å². The average Bonchev–Trinajstić information content (AvgIpc) is 2.54. The van der Waals surface area contributed by atoms with E-state index in [1.165, 1.54) is 0 Å². The van der Waals surface area contributed by atoms with Crippen LogP contribution in [0.5, 0.6) is 0 Å². The molecule has 0 aromatic heterocycles. The molecule has 0 radical (unpaired) electrons. The minimum atomic E-state index is -1.07. The van der Waals surface area contributed by atoms with Crippen LogP contribution in [0.4, 0.5) is 0 Å². The number of hydrogen-bond acceptors (Lipinski definition) is 3. The van der Waals surface area contributed by atoms with Gasteiger partial charge in [-0.05, 0) is 29.2 Å². The Morgan fingerprint density at radius 3 is 2.61 bits per heavy atom. The monoisotopic (exact) mass is 310 g/mol. The van der Waals surface area contributed by atoms with Gasteiger partial charge < -0.3 is 10.4 Å². The number of unbranched alkanes of at least 4 members (excludes halogenated alkanes) is 1. The number of nitriles is 1. The summed E-state index contributed by atoms with van der Waals surface area (Å²) < 4.78 is 0. The molecule has 5 nitrogen and oxygen atoms in total. The SMILES string of the molecule is N#CCCC[C@@H](NC(=O)Cc1ccc2ccccc2c1)C(=O)O. The number of carboxylic acids is 1. The summed E-state index contributed by atoms with van der Waals surface area (Å²) in [6, 6.07) is 14.6. The van der Waals surface area contributed by atoms with Crippen molar-refractivity contribution in [3.63, 3.8) is 0 Å². The molecule has 118 valence electrons. The van der Waals surface area contributed by atoms with Crippen molar-refractivity contribution in [2.75, 3.05) is 0 Å². The number of benzene rings is 2. The molecule has 23 heavy (non-hydrogen) atoms. The van der Waals surface area contributed by atoms with Crippen molar-refractivity contribution in [3.05, 3.63) is 48.0 Å². The number of nitrogens with one attached hydrogen (secondary N) is 1. The predicted octanol–water partition coefficient (Wildman–Crippen LogP) is 2.65. The molecule has 0 spiro atoms. The van der Waals surface area contributed by atoms with E-state index in [1.807, 2.05) is 48.5 Å². The molecule has 2 rings (SSSR count). The molecule has 2 aromatic carbocycles. The van der Waals surface area contributed by atoms with Crippen molar-refractivity contribution in [2.24, 2.45) is 0 Å². The van der Waals surface area contributed by atoms with E-state index in [4.69, 9.17) is 10.4 Å². The maximum absolute atomic E-state index is 12.1. The Morgan fingerprint density at radius 1 is 1.17 bits per heavy atom. The first-order valence-corrected chi connectivity index (χ1v) is 7.47. The van der Waals surface area contributed by atoms with Crippen molar-refractivity contribution in [2.45, 2.75) is 31.7 Å². The van der Waals surface area contributed by atoms with Gasteiger partial charge in [0.2, 0.25) is 5.91 Å². The van der Waals surface area contributed by atoms with Gasteiger partial charge in [0.1, 0.15) is 6.04 Å². The van der Waals surface area contributed by atoms with Gasteiger partial charge in [0.05, 0.1) is 12.5 Å². The molecule has 1 atom stereocenters. The second kappa shape index (κ2) is 7.95. The minimum absolute atomic E-state index is 0.132. The quantitative estimate of drug-likeness (QED) is 0.769. The number of hydrogen-bond donors (Lipinski definition) is 2. The molecule has 0 aliphatic carbocycles. The average molecular weight is 310 g/mol. The standard InChI is InChI=1S/C18H18N2O3/c19-10-4-3-7-16(18(22)23)20-17(21)12-13-8-9-14-5-1-2-6-15(14)11-13/h1-2,5-6,8-9,11,16H,3-4,7,12H2,(H,20,21)(H,22,23)/t16-/m1/s1. The van der Waals surface area contributed by atoms with Gasteiger partial charge in [-0.1, -0.05) is 42.5 Å². The van der Waals surface area contributed by atoms with Crippen LogP contribution in [0.2, 0.25) is 0 Å². The number of fused-ring (bicyclic) bond motifs is 1. The van der Waals surface area contributed by atoms with Gasteiger partial charge in [0.15, 0.2) is 0 Å². The molecule has 5 heteroatoms. The lowest BCUT2D eigenvalue weighted by atomic mass is 10.0. The highest BCUT2D eigenvalue weighted by Crippen LogP contribution is 2.16. The Bertz CT molecular complexity index is 749. The van der Waals surface area contributed by atoms with Gasteiger partial charge in [-0.15, -0.1) is 0 Å². The van der Waals surface area contributed by atoms with Crippen LogP contribution < -0.4 is 5.32 Å². The summed E-state index contributed by atoms with van der Waals surface area (Å²) >= 11 is 0. The third-order valence-electron chi connectivity index (χ3n) is 3.59. The summed E-state index contributed by atoms with van der Waals surface area (Å²) in [7, 11) is 0. The largest absolute Gasteiger partial charge is 0.480 e. The van der Waals surface area contributed by atoms with Crippen molar-refractivity contribution in [3.8, 4) is 6.07 Å². The Morgan fingerprint density at radius 2 is 1.91 bits per heavy atom. The molecule has 0 fully saturated rings. The van der Waals surface area contributed by atoms with Gasteiger partial charge in [-0.2, -0.15) is 5.26 Å². The fourth-order valence-corrected chi connectivity index (χ4v) is 2.42. The van der Waals surface area contributed by atoms with Gasteiger partial charge in [-0.25, -0.2) is 4.79 Å². The summed E-state index contributed by atoms with van der Waals surface area (Å²) in [5, 5.41) is 22.3. The Kier molecular flexibility index (Phi) is 5.70. The van der Waals surface area contributed by atoms with E-state index in [-0.39, 0.29) is 25.2 Å². The zero-order valence-corrected chi connectivity index (χ0v) is 12.7. The van der Waals surface area contributed by atoms with E-state index in [1.54, 1.807) is 0 Å². The summed E-state index contributed by atoms with van der Waals surface area (Å²) in [5.74, 6) is -1.40. The zero-order chi connectivity index (χ0) is 16.7. The fourth-order valence-electron chi connectivity index (χ4n) is 2.42. The van der Waals surface area contributed by atoms with E-state index in [0.717, 1.165) is 16.3 Å². The summed E-state index contributed by atoms with van der Waals surface area (Å²) in [6.45, 7) is 0. The molecule has 0 saturated heterocycles. The van der Waals surface area contributed by atoms with Crippen LogP contribution in [0.25, 0.3) is 10.8 Å². The number of carbonyl (C=O) groups excluding carboxylic acids is 1. The highest BCUT2D eigenvalue weighted by Gasteiger charge is 2.19. The molecule has 2 N–H and O–H groups in total. The van der Waals surface area contributed by atoms with E-state index in [9.17, 15) is 9.59 Å². The highest BCUT2D eigenvalue weighted by molar-refractivity contribution is 5.87. The molecule has 0 aliphatic heterocycles. The van der Waals surface area contributed by atoms with Gasteiger partial charge in [0, 0.05) is 6.42 Å². The topological polar surface area (TPSA) is 90.2 Å². The molecule has 0 heterocycles. The Labute approximate surface area is 134 Å². The molecule has 0 unspecified atom stereocenters. The summed E-state index contributed by atoms with van der Waals surface area (Å²) in [6.07, 6.45) is 1.12. The molecule has 0 saturated carbocycles. The van der Waals surface area contributed by atoms with Crippen LogP contribution >= 0.6 is 0 Å². The van der Waals surface area contributed by atoms with E-state index >= 15 is 0 Å². The highest BCUT2D eigenvalue weighted by atomic mass is 16.4. The van der Waals surface area contributed by atoms with Gasteiger partial charge in [0.25, 0.3) is 0 Å². The molecule has 1 amide bonds. The lowest BCUT2D eigenvalue weighted by Crippen LogP contribution is -2.41. The zero-order valence-electron chi connectivity index (χ0n) is 12.7.